The molecule has 0 radical (unpaired) electrons. The van der Waals surface area contributed by atoms with Crippen LogP contribution in [0.4, 0.5) is 26.3 Å². The van der Waals surface area contributed by atoms with Crippen LogP contribution in [0.1, 0.15) is 0 Å². The van der Waals surface area contributed by atoms with Crippen LogP contribution >= 0.6 is 0 Å². The predicted octanol–water partition coefficient (Wildman–Crippen LogP) is 0.103. The molecule has 0 heterocycles. The molecule has 0 amide bonds. The molecule has 0 spiro atoms. The summed E-state index contributed by atoms with van der Waals surface area (Å²) in [6.45, 7) is 0. The van der Waals surface area contributed by atoms with E-state index in [0.29, 0.717) is 0 Å². The average Bonchev–Trinajstić information content (AvgIpc) is 1.77. The Labute approximate surface area is 123 Å². The molecule has 0 aliphatic carbocycles. The Hall–Kier alpha value is 0.751. The van der Waals surface area contributed by atoms with Gasteiger partial charge in [0.05, 0.1) is 0 Å². The predicted molar refractivity (Wildman–Crippen MR) is 31.5 cm³/mol. The summed E-state index contributed by atoms with van der Waals surface area (Å²) >= 11 is 0. The van der Waals surface area contributed by atoms with Crippen LogP contribution in [0.25, 0.3) is 0 Å². The summed E-state index contributed by atoms with van der Waals surface area (Å²) in [6.07, 6.45) is 0. The fourth-order valence-electron chi connectivity index (χ4n) is 0. The summed E-state index contributed by atoms with van der Waals surface area (Å²) in [6, 6.07) is 0. The van der Waals surface area contributed by atoms with E-state index in [2.05, 4.69) is 0 Å². The van der Waals surface area contributed by atoms with Crippen molar-refractivity contribution in [3.8, 4) is 0 Å². The molecule has 15 heteroatoms. The van der Waals surface area contributed by atoms with Crippen LogP contribution in [0.3, 0.4) is 0 Å². The van der Waals surface area contributed by atoms with Gasteiger partial charge in [-0.2, -0.15) is 26.3 Å². The van der Waals surface area contributed by atoms with E-state index in [9.17, 15) is 26.3 Å². The van der Waals surface area contributed by atoms with Gasteiger partial charge in [0.15, 0.2) is 20.2 Å². The first kappa shape index (κ1) is 22.9. The number of hydrogen-bond donors (Lipinski definition) is 0. The van der Waals surface area contributed by atoms with Gasteiger partial charge >= 0.3 is 11.0 Å². The monoisotopic (exact) mass is 440 g/mol. The largest absolute Gasteiger partial charge is 0.741 e. The molecule has 0 unspecified atom stereocenters. The van der Waals surface area contributed by atoms with Gasteiger partial charge in [-0.3, -0.25) is 0 Å². The van der Waals surface area contributed by atoms with E-state index in [1.807, 2.05) is 0 Å². The molecule has 0 bridgehead atoms. The number of alkyl halides is 6. The zero-order valence-electron chi connectivity index (χ0n) is 7.03. The molecule has 0 aliphatic heterocycles. The van der Waals surface area contributed by atoms with Gasteiger partial charge in [0.1, 0.15) is 0 Å². The summed E-state index contributed by atoms with van der Waals surface area (Å²) in [7, 11) is -12.2. The fourth-order valence-corrected chi connectivity index (χ4v) is 0. The second-order valence-corrected chi connectivity index (χ2v) is 4.54. The van der Waals surface area contributed by atoms with Crippen molar-refractivity contribution >= 4 is 20.2 Å². The molecule has 0 aromatic carbocycles. The van der Waals surface area contributed by atoms with E-state index in [4.69, 9.17) is 25.9 Å². The van der Waals surface area contributed by atoms with Crippen molar-refractivity contribution in [3.63, 3.8) is 0 Å². The number of halogens is 6. The Morgan fingerprint density at radius 3 is 0.706 bits per heavy atom. The summed E-state index contributed by atoms with van der Waals surface area (Å²) in [5, 5.41) is 0. The van der Waals surface area contributed by atoms with Gasteiger partial charge in [0, 0.05) is 40.8 Å². The summed E-state index contributed by atoms with van der Waals surface area (Å²) in [5.41, 5.74) is -11.3. The number of hydrogen-bond acceptors (Lipinski definition) is 6. The summed E-state index contributed by atoms with van der Waals surface area (Å²) < 4.78 is 118. The maximum Gasteiger partial charge on any atom is 0.485 e. The van der Waals surface area contributed by atoms with Gasteiger partial charge in [-0.05, 0) is 0 Å². The molecule has 0 aliphatic rings. The minimum atomic E-state index is -6.09. The number of rotatable bonds is 0. The van der Waals surface area contributed by atoms with E-state index in [1.165, 1.54) is 0 Å². The van der Waals surface area contributed by atoms with Crippen molar-refractivity contribution < 1.29 is 93.1 Å². The minimum absolute atomic E-state index is 0. The Kier molecular flexibility index (Phi) is 9.13. The molecule has 0 saturated heterocycles. The fraction of sp³-hybridized carbons (Fsp3) is 1.00. The minimum Gasteiger partial charge on any atom is -0.741 e. The van der Waals surface area contributed by atoms with Crippen molar-refractivity contribution in [3.05, 3.63) is 0 Å². The van der Waals surface area contributed by atoms with Crippen LogP contribution < -0.4 is 0 Å². The van der Waals surface area contributed by atoms with Crippen molar-refractivity contribution in [1.82, 2.24) is 0 Å². The second-order valence-electron chi connectivity index (χ2n) is 1.80. The van der Waals surface area contributed by atoms with E-state index < -0.39 is 31.3 Å². The van der Waals surface area contributed by atoms with Crippen LogP contribution in [-0.4, -0.2) is 37.0 Å². The Morgan fingerprint density at radius 2 is 0.706 bits per heavy atom. The first-order valence-electron chi connectivity index (χ1n) is 2.54. The topological polar surface area (TPSA) is 114 Å². The Balaban J connectivity index is -0.000000218. The molecule has 6 nitrogen and oxygen atoms in total. The van der Waals surface area contributed by atoms with E-state index in [-0.39, 0.29) is 40.8 Å². The Bertz CT molecular complexity index is 374. The van der Waals surface area contributed by atoms with Crippen LogP contribution in [0.15, 0.2) is 0 Å². The van der Waals surface area contributed by atoms with E-state index in [0.717, 1.165) is 0 Å². The quantitative estimate of drug-likeness (QED) is 0.299. The van der Waals surface area contributed by atoms with Gasteiger partial charge in [-0.15, -0.1) is 0 Å². The Morgan fingerprint density at radius 1 is 0.647 bits per heavy atom. The molecule has 0 saturated carbocycles. The average molecular weight is 442 g/mol. The van der Waals surface area contributed by atoms with Gasteiger partial charge in [-0.1, -0.05) is 0 Å². The third-order valence-electron chi connectivity index (χ3n) is 0.567. The smallest absolute Gasteiger partial charge is 0.485 e. The molecular weight excluding hydrogens is 442 g/mol. The first-order chi connectivity index (χ1) is 6.50. The van der Waals surface area contributed by atoms with Gasteiger partial charge in [-0.25, -0.2) is 16.8 Å². The van der Waals surface area contributed by atoms with Gasteiger partial charge in [0.2, 0.25) is 0 Å². The first-order valence-corrected chi connectivity index (χ1v) is 5.36. The molecule has 0 aromatic rings. The zero-order valence-corrected chi connectivity index (χ0v) is 11.9. The van der Waals surface area contributed by atoms with Crippen LogP contribution in [0.2, 0.25) is 0 Å². The second kappa shape index (κ2) is 6.78. The maximum atomic E-state index is 10.7. The summed E-state index contributed by atoms with van der Waals surface area (Å²) in [5.74, 6) is 0. The van der Waals surface area contributed by atoms with Crippen molar-refractivity contribution in [1.29, 1.82) is 0 Å². The normalized spacial score (nSPS) is 13.2. The standard InChI is InChI=1S/2CHF3O3S.Nd/c2*2-1(3,4)8(5,6)7;/h2*(H,5,6,7);/p-2. The van der Waals surface area contributed by atoms with Crippen LogP contribution in [0.5, 0.6) is 0 Å². The van der Waals surface area contributed by atoms with Gasteiger partial charge < -0.3 is 9.11 Å². The van der Waals surface area contributed by atoms with Crippen molar-refractivity contribution in [2.24, 2.45) is 0 Å². The van der Waals surface area contributed by atoms with Crippen LogP contribution in [0, 0.1) is 40.8 Å². The SMILES string of the molecule is O=S(=O)([O-])C(F)(F)F.O=S(=O)([O-])C(F)(F)F.[Nd]. The maximum absolute atomic E-state index is 10.7. The molecular formula is C2F6NdO6S2-2. The van der Waals surface area contributed by atoms with Crippen molar-refractivity contribution in [2.75, 3.05) is 0 Å². The van der Waals surface area contributed by atoms with Crippen molar-refractivity contribution in [2.45, 2.75) is 11.0 Å². The third-order valence-corrected chi connectivity index (χ3v) is 1.70. The molecule has 0 fully saturated rings. The zero-order chi connectivity index (χ0) is 14.0. The molecule has 0 rings (SSSR count). The molecule has 104 valence electrons. The summed E-state index contributed by atoms with van der Waals surface area (Å²) in [4.78, 5) is 0. The van der Waals surface area contributed by atoms with Crippen LogP contribution in [-0.2, 0) is 20.2 Å². The van der Waals surface area contributed by atoms with Gasteiger partial charge in [0.25, 0.3) is 0 Å². The third kappa shape index (κ3) is 10.4. The molecule has 0 N–H and O–H groups in total. The molecule has 0 atom stereocenters. The molecule has 17 heavy (non-hydrogen) atoms. The van der Waals surface area contributed by atoms with E-state index >= 15 is 0 Å². The molecule has 0 aromatic heterocycles. The van der Waals surface area contributed by atoms with E-state index in [1.54, 1.807) is 0 Å².